The highest BCUT2D eigenvalue weighted by atomic mass is 16.5. The maximum Gasteiger partial charge on any atom is 0.146 e. The van der Waals surface area contributed by atoms with E-state index in [9.17, 15) is 0 Å². The molecule has 0 fully saturated rings. The van der Waals surface area contributed by atoms with Crippen molar-refractivity contribution in [1.82, 2.24) is 15.0 Å². The minimum atomic E-state index is 0.772. The molecule has 0 amide bonds. The van der Waals surface area contributed by atoms with Gasteiger partial charge in [0.05, 0.1) is 12.6 Å². The van der Waals surface area contributed by atoms with Crippen molar-refractivity contribution in [3.63, 3.8) is 0 Å². The van der Waals surface area contributed by atoms with Crippen LogP contribution in [-0.2, 0) is 0 Å². The number of aromatic nitrogens is 3. The van der Waals surface area contributed by atoms with E-state index in [2.05, 4.69) is 15.0 Å². The third-order valence-corrected chi connectivity index (χ3v) is 2.63. The van der Waals surface area contributed by atoms with Crippen molar-refractivity contribution in [2.45, 2.75) is 0 Å². The van der Waals surface area contributed by atoms with Gasteiger partial charge < -0.3 is 9.72 Å². The predicted molar refractivity (Wildman–Crippen MR) is 65.9 cm³/mol. The van der Waals surface area contributed by atoms with Gasteiger partial charge in [-0.25, -0.2) is 4.98 Å². The summed E-state index contributed by atoms with van der Waals surface area (Å²) in [6, 6.07) is 9.67. The number of nitrogens with zero attached hydrogens (tertiary/aromatic N) is 2. The third-order valence-electron chi connectivity index (χ3n) is 2.63. The van der Waals surface area contributed by atoms with E-state index >= 15 is 0 Å². The second-order valence-corrected chi connectivity index (χ2v) is 3.68. The zero-order valence-corrected chi connectivity index (χ0v) is 9.34. The number of hydrogen-bond acceptors (Lipinski definition) is 3. The first-order chi connectivity index (χ1) is 8.38. The number of nitrogens with one attached hydrogen (secondary N) is 1. The third kappa shape index (κ3) is 1.63. The topological polar surface area (TPSA) is 50.8 Å². The Hall–Kier alpha value is -2.36. The lowest BCUT2D eigenvalue weighted by Gasteiger charge is -1.97. The number of methoxy groups -OCH3 is 1. The first-order valence-corrected chi connectivity index (χ1v) is 5.31. The average molecular weight is 225 g/mol. The molecule has 1 aromatic carbocycles. The molecule has 4 heteroatoms. The number of ether oxygens (including phenoxy) is 1. The first kappa shape index (κ1) is 9.84. The summed E-state index contributed by atoms with van der Waals surface area (Å²) in [5, 5.41) is 0. The number of benzene rings is 1. The molecule has 0 aliphatic rings. The Morgan fingerprint density at radius 1 is 1.18 bits per heavy atom. The molecule has 3 rings (SSSR count). The van der Waals surface area contributed by atoms with Gasteiger partial charge in [-0.1, -0.05) is 6.07 Å². The van der Waals surface area contributed by atoms with E-state index in [0.29, 0.717) is 0 Å². The van der Waals surface area contributed by atoms with E-state index in [1.165, 1.54) is 0 Å². The van der Waals surface area contributed by atoms with Gasteiger partial charge in [0, 0.05) is 18.0 Å². The quantitative estimate of drug-likeness (QED) is 0.729. The minimum absolute atomic E-state index is 0.772. The zero-order valence-electron chi connectivity index (χ0n) is 9.34. The summed E-state index contributed by atoms with van der Waals surface area (Å²) < 4.78 is 5.28. The molecule has 0 saturated heterocycles. The van der Waals surface area contributed by atoms with Gasteiger partial charge in [0.15, 0.2) is 0 Å². The fraction of sp³-hybridized carbons (Fsp3) is 0.0769. The highest BCUT2D eigenvalue weighted by Crippen LogP contribution is 2.26. The number of imidazole rings is 1. The highest BCUT2D eigenvalue weighted by molar-refractivity contribution is 5.84. The molecule has 0 saturated carbocycles. The molecule has 2 aromatic heterocycles. The van der Waals surface area contributed by atoms with Crippen molar-refractivity contribution in [2.75, 3.05) is 7.11 Å². The Kier molecular flexibility index (Phi) is 2.26. The molecule has 84 valence electrons. The van der Waals surface area contributed by atoms with Gasteiger partial charge in [-0.3, -0.25) is 4.98 Å². The predicted octanol–water partition coefficient (Wildman–Crippen LogP) is 2.63. The van der Waals surface area contributed by atoms with Gasteiger partial charge in [-0.15, -0.1) is 0 Å². The van der Waals surface area contributed by atoms with E-state index in [0.717, 1.165) is 28.2 Å². The molecule has 0 atom stereocenters. The first-order valence-electron chi connectivity index (χ1n) is 5.31. The smallest absolute Gasteiger partial charge is 0.146 e. The molecule has 3 aromatic rings. The lowest BCUT2D eigenvalue weighted by atomic mass is 10.3. The summed E-state index contributed by atoms with van der Waals surface area (Å²) in [7, 11) is 1.65. The van der Waals surface area contributed by atoms with Crippen LogP contribution in [0.2, 0.25) is 0 Å². The van der Waals surface area contributed by atoms with Crippen LogP contribution in [0.4, 0.5) is 0 Å². The molecule has 0 bridgehead atoms. The molecule has 17 heavy (non-hydrogen) atoms. The summed E-state index contributed by atoms with van der Waals surface area (Å²) in [4.78, 5) is 11.9. The van der Waals surface area contributed by atoms with Crippen molar-refractivity contribution >= 4 is 11.0 Å². The maximum atomic E-state index is 5.28. The van der Waals surface area contributed by atoms with Gasteiger partial charge >= 0.3 is 0 Å². The Balaban J connectivity index is 2.20. The van der Waals surface area contributed by atoms with E-state index in [1.807, 2.05) is 30.3 Å². The number of H-pyrrole nitrogens is 1. The number of pyridine rings is 1. The van der Waals surface area contributed by atoms with Crippen LogP contribution in [-0.4, -0.2) is 22.1 Å². The zero-order chi connectivity index (χ0) is 11.7. The molecular formula is C13H11N3O. The average Bonchev–Trinajstić information content (AvgIpc) is 2.83. The molecule has 0 aliphatic heterocycles. The Bertz CT molecular complexity index is 646. The van der Waals surface area contributed by atoms with Crippen molar-refractivity contribution < 1.29 is 4.74 Å². The van der Waals surface area contributed by atoms with Crippen molar-refractivity contribution in [3.05, 3.63) is 42.7 Å². The number of fused-ring (bicyclic) bond motifs is 1. The molecule has 0 spiro atoms. The molecule has 4 nitrogen and oxygen atoms in total. The summed E-state index contributed by atoms with van der Waals surface area (Å²) in [5.74, 6) is 1.58. The second-order valence-electron chi connectivity index (χ2n) is 3.68. The summed E-state index contributed by atoms with van der Waals surface area (Å²) >= 11 is 0. The fourth-order valence-corrected chi connectivity index (χ4v) is 1.81. The lowest BCUT2D eigenvalue weighted by Crippen LogP contribution is -1.83. The van der Waals surface area contributed by atoms with Gasteiger partial charge in [0.1, 0.15) is 17.1 Å². The van der Waals surface area contributed by atoms with Crippen LogP contribution < -0.4 is 4.74 Å². The molecular weight excluding hydrogens is 214 g/mol. The number of rotatable bonds is 2. The fourth-order valence-electron chi connectivity index (χ4n) is 1.81. The Morgan fingerprint density at radius 2 is 2.12 bits per heavy atom. The Labute approximate surface area is 98.3 Å². The van der Waals surface area contributed by atoms with Crippen LogP contribution in [0.3, 0.4) is 0 Å². The van der Waals surface area contributed by atoms with Crippen LogP contribution in [0.1, 0.15) is 0 Å². The summed E-state index contributed by atoms with van der Waals surface area (Å²) in [6.07, 6.45) is 3.52. The van der Waals surface area contributed by atoms with E-state index in [-0.39, 0.29) is 0 Å². The molecule has 0 unspecified atom stereocenters. The highest BCUT2D eigenvalue weighted by Gasteiger charge is 2.08. The van der Waals surface area contributed by atoms with Crippen LogP contribution in [0.25, 0.3) is 22.4 Å². The normalized spacial score (nSPS) is 10.6. The number of hydrogen-bond donors (Lipinski definition) is 1. The van der Waals surface area contributed by atoms with Gasteiger partial charge in [0.25, 0.3) is 0 Å². The SMILES string of the molecule is COc1cccc2[nH]c(-c3cccnc3)nc12. The van der Waals surface area contributed by atoms with Crippen molar-refractivity contribution in [2.24, 2.45) is 0 Å². The molecule has 0 radical (unpaired) electrons. The standard InChI is InChI=1S/C13H11N3O/c1-17-11-6-2-5-10-12(11)16-13(15-10)9-4-3-7-14-8-9/h2-8H,1H3,(H,15,16). The molecule has 1 N–H and O–H groups in total. The lowest BCUT2D eigenvalue weighted by molar-refractivity contribution is 0.419. The van der Waals surface area contributed by atoms with Crippen molar-refractivity contribution in [1.29, 1.82) is 0 Å². The summed E-state index contributed by atoms with van der Waals surface area (Å²) in [5.41, 5.74) is 2.77. The van der Waals surface area contributed by atoms with Crippen molar-refractivity contribution in [3.8, 4) is 17.1 Å². The monoisotopic (exact) mass is 225 g/mol. The minimum Gasteiger partial charge on any atom is -0.494 e. The van der Waals surface area contributed by atoms with Crippen LogP contribution in [0, 0.1) is 0 Å². The van der Waals surface area contributed by atoms with Crippen LogP contribution in [0.5, 0.6) is 5.75 Å². The van der Waals surface area contributed by atoms with Crippen LogP contribution >= 0.6 is 0 Å². The number of para-hydroxylation sites is 1. The van der Waals surface area contributed by atoms with Gasteiger partial charge in [0.2, 0.25) is 0 Å². The van der Waals surface area contributed by atoms with Crippen LogP contribution in [0.15, 0.2) is 42.7 Å². The van der Waals surface area contributed by atoms with E-state index in [1.54, 1.807) is 19.5 Å². The van der Waals surface area contributed by atoms with E-state index < -0.39 is 0 Å². The second kappa shape index (κ2) is 3.90. The van der Waals surface area contributed by atoms with Gasteiger partial charge in [-0.05, 0) is 24.3 Å². The molecule has 0 aliphatic carbocycles. The number of aromatic amines is 1. The Morgan fingerprint density at radius 3 is 2.88 bits per heavy atom. The maximum absolute atomic E-state index is 5.28. The molecule has 2 heterocycles. The van der Waals surface area contributed by atoms with Gasteiger partial charge in [-0.2, -0.15) is 0 Å². The summed E-state index contributed by atoms with van der Waals surface area (Å²) in [6.45, 7) is 0. The largest absolute Gasteiger partial charge is 0.494 e. The van der Waals surface area contributed by atoms with E-state index in [4.69, 9.17) is 4.74 Å².